The van der Waals surface area contributed by atoms with E-state index >= 15 is 0 Å². The minimum absolute atomic E-state index is 0.0326. The highest BCUT2D eigenvalue weighted by atomic mass is 16.3. The van der Waals surface area contributed by atoms with E-state index in [0.717, 1.165) is 38.2 Å². The lowest BCUT2D eigenvalue weighted by molar-refractivity contribution is 0.217. The lowest BCUT2D eigenvalue weighted by atomic mass is 10.0. The summed E-state index contributed by atoms with van der Waals surface area (Å²) in [7, 11) is 0. The molecule has 1 unspecified atom stereocenters. The quantitative estimate of drug-likeness (QED) is 0.700. The molecular weight excluding hydrogens is 252 g/mol. The van der Waals surface area contributed by atoms with Crippen LogP contribution >= 0.6 is 0 Å². The second-order valence-electron chi connectivity index (χ2n) is 5.71. The van der Waals surface area contributed by atoms with Crippen molar-refractivity contribution in [2.75, 3.05) is 19.6 Å². The Morgan fingerprint density at radius 3 is 2.75 bits per heavy atom. The Hall–Kier alpha value is -1.26. The number of piperidine rings is 1. The van der Waals surface area contributed by atoms with Crippen LogP contribution in [0.2, 0.25) is 0 Å². The molecule has 4 heteroatoms. The summed E-state index contributed by atoms with van der Waals surface area (Å²) in [6.07, 6.45) is 4.98. The smallest absolute Gasteiger partial charge is 0.157 e. The summed E-state index contributed by atoms with van der Waals surface area (Å²) < 4.78 is 0. The molecule has 20 heavy (non-hydrogen) atoms. The molecular formula is C16H26N2O2. The zero-order valence-electron chi connectivity index (χ0n) is 12.3. The molecule has 1 aliphatic rings. The van der Waals surface area contributed by atoms with Crippen molar-refractivity contribution in [3.05, 3.63) is 23.8 Å². The van der Waals surface area contributed by atoms with Crippen LogP contribution in [0.4, 0.5) is 0 Å². The van der Waals surface area contributed by atoms with E-state index in [9.17, 15) is 10.2 Å². The summed E-state index contributed by atoms with van der Waals surface area (Å²) in [4.78, 5) is 2.43. The van der Waals surface area contributed by atoms with Crippen LogP contribution in [0.5, 0.6) is 11.5 Å². The van der Waals surface area contributed by atoms with E-state index in [1.807, 2.05) is 6.07 Å². The lowest BCUT2D eigenvalue weighted by Crippen LogP contribution is -2.43. The van der Waals surface area contributed by atoms with Crippen molar-refractivity contribution in [3.63, 3.8) is 0 Å². The Bertz CT molecular complexity index is 417. The van der Waals surface area contributed by atoms with Crippen molar-refractivity contribution in [2.24, 2.45) is 0 Å². The third kappa shape index (κ3) is 4.39. The van der Waals surface area contributed by atoms with Gasteiger partial charge in [0, 0.05) is 19.1 Å². The van der Waals surface area contributed by atoms with E-state index in [0.29, 0.717) is 6.04 Å². The third-order valence-corrected chi connectivity index (χ3v) is 3.88. The van der Waals surface area contributed by atoms with Crippen LogP contribution in [0.15, 0.2) is 18.2 Å². The Morgan fingerprint density at radius 2 is 2.10 bits per heavy atom. The molecule has 1 aromatic carbocycles. The van der Waals surface area contributed by atoms with Gasteiger partial charge in [-0.3, -0.25) is 4.90 Å². The highest BCUT2D eigenvalue weighted by Gasteiger charge is 2.16. The fourth-order valence-corrected chi connectivity index (χ4v) is 2.87. The average molecular weight is 278 g/mol. The first-order valence-corrected chi connectivity index (χ1v) is 7.65. The van der Waals surface area contributed by atoms with Gasteiger partial charge in [-0.25, -0.2) is 0 Å². The van der Waals surface area contributed by atoms with Gasteiger partial charge in [-0.15, -0.1) is 0 Å². The van der Waals surface area contributed by atoms with Crippen molar-refractivity contribution in [1.29, 1.82) is 0 Å². The molecule has 112 valence electrons. The minimum Gasteiger partial charge on any atom is -0.504 e. The van der Waals surface area contributed by atoms with E-state index in [1.54, 1.807) is 12.1 Å². The molecule has 0 amide bonds. The van der Waals surface area contributed by atoms with Crippen molar-refractivity contribution in [3.8, 4) is 11.5 Å². The topological polar surface area (TPSA) is 55.7 Å². The molecule has 1 aliphatic heterocycles. The monoisotopic (exact) mass is 278 g/mol. The molecule has 1 saturated heterocycles. The Labute approximate surface area is 121 Å². The second kappa shape index (κ2) is 7.50. The molecule has 1 heterocycles. The maximum atomic E-state index is 9.58. The molecule has 3 N–H and O–H groups in total. The summed E-state index contributed by atoms with van der Waals surface area (Å²) in [5.41, 5.74) is 1.05. The minimum atomic E-state index is -0.0512. The van der Waals surface area contributed by atoms with E-state index in [4.69, 9.17) is 0 Å². The zero-order chi connectivity index (χ0) is 14.4. The summed E-state index contributed by atoms with van der Waals surface area (Å²) in [5.74, 6) is -0.0838. The van der Waals surface area contributed by atoms with E-state index in [1.165, 1.54) is 19.3 Å². The number of aromatic hydroxyl groups is 2. The predicted molar refractivity (Wildman–Crippen MR) is 81.0 cm³/mol. The Balaban J connectivity index is 1.94. The second-order valence-corrected chi connectivity index (χ2v) is 5.71. The molecule has 2 rings (SSSR count). The van der Waals surface area contributed by atoms with Crippen LogP contribution in [-0.4, -0.2) is 40.8 Å². The van der Waals surface area contributed by atoms with Gasteiger partial charge in [-0.05, 0) is 50.0 Å². The van der Waals surface area contributed by atoms with E-state index in [2.05, 4.69) is 17.1 Å². The highest BCUT2D eigenvalue weighted by molar-refractivity contribution is 5.40. The summed E-state index contributed by atoms with van der Waals surface area (Å²) in [5, 5.41) is 22.5. The van der Waals surface area contributed by atoms with Gasteiger partial charge in [0.15, 0.2) is 11.5 Å². The van der Waals surface area contributed by atoms with Crippen LogP contribution in [0, 0.1) is 0 Å². The Morgan fingerprint density at radius 1 is 1.25 bits per heavy atom. The SMILES string of the molecule is CCCN(Cc1ccc(O)c(O)c1)CC1CCCCN1. The molecule has 0 bridgehead atoms. The standard InChI is InChI=1S/C16H26N2O2/c1-2-9-18(12-14-5-3-4-8-17-14)11-13-6-7-15(19)16(20)10-13/h6-7,10,14,17,19-20H,2-5,8-9,11-12H2,1H3. The highest BCUT2D eigenvalue weighted by Crippen LogP contribution is 2.25. The van der Waals surface area contributed by atoms with Gasteiger partial charge >= 0.3 is 0 Å². The number of benzene rings is 1. The predicted octanol–water partition coefficient (Wildman–Crippen LogP) is 2.45. The summed E-state index contributed by atoms with van der Waals surface area (Å²) in [6, 6.07) is 5.69. The van der Waals surface area contributed by atoms with Crippen LogP contribution < -0.4 is 5.32 Å². The van der Waals surface area contributed by atoms with Gasteiger partial charge in [0.25, 0.3) is 0 Å². The number of hydrogen-bond acceptors (Lipinski definition) is 4. The van der Waals surface area contributed by atoms with E-state index in [-0.39, 0.29) is 11.5 Å². The molecule has 1 atom stereocenters. The van der Waals surface area contributed by atoms with Crippen LogP contribution in [0.1, 0.15) is 38.2 Å². The molecule has 0 radical (unpaired) electrons. The molecule has 4 nitrogen and oxygen atoms in total. The van der Waals surface area contributed by atoms with Crippen molar-refractivity contribution >= 4 is 0 Å². The molecule has 0 aromatic heterocycles. The number of phenolic OH excluding ortho intramolecular Hbond substituents is 2. The molecule has 0 aliphatic carbocycles. The van der Waals surface area contributed by atoms with Gasteiger partial charge in [-0.2, -0.15) is 0 Å². The molecule has 0 saturated carbocycles. The molecule has 0 spiro atoms. The zero-order valence-corrected chi connectivity index (χ0v) is 12.3. The van der Waals surface area contributed by atoms with Crippen LogP contribution in [0.25, 0.3) is 0 Å². The lowest BCUT2D eigenvalue weighted by Gasteiger charge is -2.30. The van der Waals surface area contributed by atoms with Gasteiger partial charge < -0.3 is 15.5 Å². The largest absolute Gasteiger partial charge is 0.504 e. The number of phenols is 2. The first-order chi connectivity index (χ1) is 9.69. The Kier molecular flexibility index (Phi) is 5.68. The maximum Gasteiger partial charge on any atom is 0.157 e. The third-order valence-electron chi connectivity index (χ3n) is 3.88. The average Bonchev–Trinajstić information content (AvgIpc) is 2.44. The van der Waals surface area contributed by atoms with Crippen molar-refractivity contribution in [2.45, 2.75) is 45.2 Å². The number of nitrogens with zero attached hydrogens (tertiary/aromatic N) is 1. The van der Waals surface area contributed by atoms with Gasteiger partial charge in [0.1, 0.15) is 0 Å². The fourth-order valence-electron chi connectivity index (χ4n) is 2.87. The number of rotatable bonds is 6. The number of nitrogens with one attached hydrogen (secondary N) is 1. The van der Waals surface area contributed by atoms with Crippen molar-refractivity contribution < 1.29 is 10.2 Å². The summed E-state index contributed by atoms with van der Waals surface area (Å²) >= 11 is 0. The van der Waals surface area contributed by atoms with Crippen LogP contribution in [-0.2, 0) is 6.54 Å². The first-order valence-electron chi connectivity index (χ1n) is 7.65. The van der Waals surface area contributed by atoms with Gasteiger partial charge in [0.05, 0.1) is 0 Å². The van der Waals surface area contributed by atoms with Crippen LogP contribution in [0.3, 0.4) is 0 Å². The normalized spacial score (nSPS) is 19.4. The summed E-state index contributed by atoms with van der Waals surface area (Å²) in [6.45, 7) is 6.25. The van der Waals surface area contributed by atoms with Gasteiger partial charge in [-0.1, -0.05) is 19.4 Å². The van der Waals surface area contributed by atoms with E-state index < -0.39 is 0 Å². The maximum absolute atomic E-state index is 9.58. The first kappa shape index (κ1) is 15.1. The fraction of sp³-hybridized carbons (Fsp3) is 0.625. The molecule has 1 aromatic rings. The van der Waals surface area contributed by atoms with Crippen molar-refractivity contribution in [1.82, 2.24) is 10.2 Å². The van der Waals surface area contributed by atoms with Gasteiger partial charge in [0.2, 0.25) is 0 Å². The molecule has 1 fully saturated rings. The number of hydrogen-bond donors (Lipinski definition) is 3.